The molecule has 4 aromatic rings. The van der Waals surface area contributed by atoms with Gasteiger partial charge < -0.3 is 10.1 Å². The molecule has 0 radical (unpaired) electrons. The van der Waals surface area contributed by atoms with Crippen molar-refractivity contribution >= 4 is 50.7 Å². The maximum absolute atomic E-state index is 13.1. The van der Waals surface area contributed by atoms with Crippen molar-refractivity contribution in [2.45, 2.75) is 44.5 Å². The summed E-state index contributed by atoms with van der Waals surface area (Å²) in [6.07, 6.45) is 1.93. The van der Waals surface area contributed by atoms with Crippen LogP contribution in [0.4, 0.5) is 5.69 Å². The first-order valence-electron chi connectivity index (χ1n) is 10.5. The molecule has 10 heteroatoms. The number of nitrogens with one attached hydrogen (secondary N) is 1. The number of carbonyl (C=O) groups is 1. The number of amides is 1. The monoisotopic (exact) mass is 469 g/mol. The molecule has 1 atom stereocenters. The van der Waals surface area contributed by atoms with Crippen LogP contribution in [-0.2, 0) is 16.1 Å². The average molecular weight is 470 g/mol. The van der Waals surface area contributed by atoms with Crippen LogP contribution < -0.4 is 10.9 Å². The third kappa shape index (κ3) is 3.82. The zero-order chi connectivity index (χ0) is 22.2. The van der Waals surface area contributed by atoms with E-state index < -0.39 is 0 Å². The highest BCUT2D eigenvalue weighted by molar-refractivity contribution is 7.99. The molecular formula is C22H23N5O3S2. The van der Waals surface area contributed by atoms with E-state index in [1.165, 1.54) is 23.1 Å². The van der Waals surface area contributed by atoms with Crippen molar-refractivity contribution < 1.29 is 9.53 Å². The van der Waals surface area contributed by atoms with Crippen molar-refractivity contribution in [3.8, 4) is 0 Å². The summed E-state index contributed by atoms with van der Waals surface area (Å²) in [5.41, 5.74) is 3.68. The molecule has 1 aromatic carbocycles. The Labute approximate surface area is 192 Å². The van der Waals surface area contributed by atoms with Gasteiger partial charge in [-0.05, 0) is 55.3 Å². The second kappa shape index (κ2) is 8.68. The first-order valence-corrected chi connectivity index (χ1v) is 12.3. The molecule has 1 fully saturated rings. The molecular weight excluding hydrogens is 446 g/mol. The summed E-state index contributed by atoms with van der Waals surface area (Å²) in [5.74, 6) is 0.550. The molecule has 0 aliphatic carbocycles. The van der Waals surface area contributed by atoms with E-state index >= 15 is 0 Å². The van der Waals surface area contributed by atoms with E-state index in [0.29, 0.717) is 22.2 Å². The van der Waals surface area contributed by atoms with Crippen molar-refractivity contribution in [3.05, 3.63) is 51.1 Å². The van der Waals surface area contributed by atoms with Gasteiger partial charge in [0, 0.05) is 12.3 Å². The molecule has 0 spiro atoms. The number of thiophene rings is 1. The molecule has 0 saturated carbocycles. The molecule has 1 saturated heterocycles. The van der Waals surface area contributed by atoms with Crippen LogP contribution >= 0.6 is 23.1 Å². The SMILES string of the molecule is Cc1cccc(NC(=O)CSc2nnc3n(C[C@@H]4CCCO4)c(=O)c4sccc4n23)c1C. The Balaban J connectivity index is 1.43. The minimum absolute atomic E-state index is 0.00469. The number of hydrogen-bond donors (Lipinski definition) is 1. The molecule has 32 heavy (non-hydrogen) atoms. The standard InChI is InChI=1S/C22H23N5O3S2/c1-13-5-3-7-16(14(13)2)23-18(28)12-32-22-25-24-21-26(11-15-6-4-9-30-15)20(29)19-17(27(21)22)8-10-31-19/h3,5,7-8,10,15H,4,6,9,11-12H2,1-2H3,(H,23,28)/t15-/m0/s1. The first-order chi connectivity index (χ1) is 15.5. The Morgan fingerprint density at radius 1 is 1.31 bits per heavy atom. The Kier molecular flexibility index (Phi) is 5.75. The molecule has 8 nitrogen and oxygen atoms in total. The minimum atomic E-state index is -0.116. The molecule has 1 amide bonds. The highest BCUT2D eigenvalue weighted by Crippen LogP contribution is 2.26. The van der Waals surface area contributed by atoms with Gasteiger partial charge >= 0.3 is 0 Å². The van der Waals surface area contributed by atoms with Crippen LogP contribution in [0.2, 0.25) is 0 Å². The molecule has 1 aliphatic heterocycles. The number of benzene rings is 1. The second-order valence-corrected chi connectivity index (χ2v) is 9.75. The molecule has 5 rings (SSSR count). The Hall–Kier alpha value is -2.69. The number of anilines is 1. The molecule has 0 unspecified atom stereocenters. The predicted molar refractivity (Wildman–Crippen MR) is 127 cm³/mol. The number of aryl methyl sites for hydroxylation is 1. The molecule has 166 valence electrons. The summed E-state index contributed by atoms with van der Waals surface area (Å²) in [6.45, 7) is 5.18. The van der Waals surface area contributed by atoms with E-state index in [0.717, 1.165) is 41.8 Å². The van der Waals surface area contributed by atoms with Gasteiger partial charge in [-0.1, -0.05) is 23.9 Å². The quantitative estimate of drug-likeness (QED) is 0.434. The summed E-state index contributed by atoms with van der Waals surface area (Å²) in [4.78, 5) is 25.7. The van der Waals surface area contributed by atoms with Crippen molar-refractivity contribution in [2.75, 3.05) is 17.7 Å². The number of fused-ring (bicyclic) bond motifs is 3. The van der Waals surface area contributed by atoms with Gasteiger partial charge in [-0.15, -0.1) is 21.5 Å². The summed E-state index contributed by atoms with van der Waals surface area (Å²) in [5, 5.41) is 14.1. The third-order valence-electron chi connectivity index (χ3n) is 5.80. The van der Waals surface area contributed by atoms with Crippen LogP contribution in [-0.4, -0.2) is 43.5 Å². The lowest BCUT2D eigenvalue weighted by molar-refractivity contribution is -0.113. The van der Waals surface area contributed by atoms with Gasteiger partial charge in [-0.3, -0.25) is 18.6 Å². The molecule has 1 aliphatic rings. The van der Waals surface area contributed by atoms with Gasteiger partial charge in [-0.25, -0.2) is 0 Å². The van der Waals surface area contributed by atoms with E-state index in [4.69, 9.17) is 4.74 Å². The van der Waals surface area contributed by atoms with E-state index in [1.54, 1.807) is 4.57 Å². The van der Waals surface area contributed by atoms with Gasteiger partial charge in [0.1, 0.15) is 4.70 Å². The van der Waals surface area contributed by atoms with Crippen molar-refractivity contribution in [3.63, 3.8) is 0 Å². The van der Waals surface area contributed by atoms with Gasteiger partial charge in [0.15, 0.2) is 5.16 Å². The summed E-state index contributed by atoms with van der Waals surface area (Å²) < 4.78 is 9.92. The minimum Gasteiger partial charge on any atom is -0.376 e. The first kappa shape index (κ1) is 21.2. The van der Waals surface area contributed by atoms with E-state index in [-0.39, 0.29) is 23.3 Å². The summed E-state index contributed by atoms with van der Waals surface area (Å²) in [7, 11) is 0. The fourth-order valence-corrected chi connectivity index (χ4v) is 5.52. The topological polar surface area (TPSA) is 90.5 Å². The third-order valence-corrected chi connectivity index (χ3v) is 7.62. The summed E-state index contributed by atoms with van der Waals surface area (Å²) >= 11 is 2.71. The predicted octanol–water partition coefficient (Wildman–Crippen LogP) is 3.63. The maximum Gasteiger partial charge on any atom is 0.272 e. The lowest BCUT2D eigenvalue weighted by Crippen LogP contribution is -2.28. The Bertz CT molecular complexity index is 1370. The van der Waals surface area contributed by atoms with Crippen molar-refractivity contribution in [1.29, 1.82) is 0 Å². The molecule has 0 bridgehead atoms. The Morgan fingerprint density at radius 3 is 3.00 bits per heavy atom. The highest BCUT2D eigenvalue weighted by atomic mass is 32.2. The second-order valence-electron chi connectivity index (χ2n) is 7.89. The van der Waals surface area contributed by atoms with Crippen LogP contribution in [0.5, 0.6) is 0 Å². The smallest absolute Gasteiger partial charge is 0.272 e. The zero-order valence-corrected chi connectivity index (χ0v) is 19.5. The van der Waals surface area contributed by atoms with Crippen LogP contribution in [0.25, 0.3) is 16.0 Å². The molecule has 3 aromatic heterocycles. The number of hydrogen-bond acceptors (Lipinski definition) is 7. The number of thioether (sulfide) groups is 1. The number of aromatic nitrogens is 4. The Morgan fingerprint density at radius 2 is 2.19 bits per heavy atom. The average Bonchev–Trinajstić information content (AvgIpc) is 3.53. The van der Waals surface area contributed by atoms with E-state index in [2.05, 4.69) is 15.5 Å². The molecule has 4 heterocycles. The number of nitrogens with zero attached hydrogens (tertiary/aromatic N) is 4. The van der Waals surface area contributed by atoms with Crippen molar-refractivity contribution in [2.24, 2.45) is 0 Å². The van der Waals surface area contributed by atoms with Crippen LogP contribution in [0.1, 0.15) is 24.0 Å². The maximum atomic E-state index is 13.1. The molecule has 1 N–H and O–H groups in total. The summed E-state index contributed by atoms with van der Waals surface area (Å²) in [6, 6.07) is 7.74. The lowest BCUT2D eigenvalue weighted by atomic mass is 10.1. The van der Waals surface area contributed by atoms with E-state index in [1.807, 2.05) is 47.9 Å². The normalized spacial score (nSPS) is 16.2. The highest BCUT2D eigenvalue weighted by Gasteiger charge is 2.23. The van der Waals surface area contributed by atoms with Crippen LogP contribution in [0.15, 0.2) is 39.6 Å². The van der Waals surface area contributed by atoms with Gasteiger partial charge in [-0.2, -0.15) is 0 Å². The zero-order valence-electron chi connectivity index (χ0n) is 17.8. The van der Waals surface area contributed by atoms with Crippen molar-refractivity contribution in [1.82, 2.24) is 19.2 Å². The fourth-order valence-electron chi connectivity index (χ4n) is 3.95. The van der Waals surface area contributed by atoms with Crippen LogP contribution in [0, 0.1) is 13.8 Å². The number of carbonyl (C=O) groups excluding carboxylic acids is 1. The van der Waals surface area contributed by atoms with E-state index in [9.17, 15) is 9.59 Å². The van der Waals surface area contributed by atoms with Gasteiger partial charge in [0.2, 0.25) is 11.7 Å². The largest absolute Gasteiger partial charge is 0.376 e. The number of ether oxygens (including phenoxy) is 1. The lowest BCUT2D eigenvalue weighted by Gasteiger charge is -2.13. The van der Waals surface area contributed by atoms with Crippen LogP contribution in [0.3, 0.4) is 0 Å². The van der Waals surface area contributed by atoms with Gasteiger partial charge in [0.05, 0.1) is 23.9 Å². The number of rotatable bonds is 6. The van der Waals surface area contributed by atoms with Gasteiger partial charge in [0.25, 0.3) is 5.56 Å². The fraction of sp³-hybridized carbons (Fsp3) is 0.364.